The van der Waals surface area contributed by atoms with Gasteiger partial charge in [-0.2, -0.15) is 0 Å². The van der Waals surface area contributed by atoms with E-state index in [0.29, 0.717) is 0 Å². The summed E-state index contributed by atoms with van der Waals surface area (Å²) < 4.78 is 0. The van der Waals surface area contributed by atoms with Crippen molar-refractivity contribution in [1.82, 2.24) is 5.32 Å². The van der Waals surface area contributed by atoms with Crippen LogP contribution in [0.25, 0.3) is 0 Å². The van der Waals surface area contributed by atoms with Crippen molar-refractivity contribution >= 4 is 11.6 Å². The number of nitrogens with one attached hydrogen (secondary N) is 1. The van der Waals surface area contributed by atoms with Crippen molar-refractivity contribution in [2.45, 2.75) is 32.2 Å². The summed E-state index contributed by atoms with van der Waals surface area (Å²) in [6.07, 6.45) is 5.89. The zero-order valence-electron chi connectivity index (χ0n) is 10.2. The number of hydrogen-bond acceptors (Lipinski definition) is 1. The summed E-state index contributed by atoms with van der Waals surface area (Å²) in [4.78, 5) is 0. The Balaban J connectivity index is 1.47. The van der Waals surface area contributed by atoms with Crippen LogP contribution in [-0.2, 0) is 6.54 Å². The summed E-state index contributed by atoms with van der Waals surface area (Å²) in [6.45, 7) is 2.15. The molecule has 0 heterocycles. The van der Waals surface area contributed by atoms with Crippen molar-refractivity contribution in [2.75, 3.05) is 6.54 Å². The van der Waals surface area contributed by atoms with E-state index >= 15 is 0 Å². The first-order valence-corrected chi connectivity index (χ1v) is 7.16. The van der Waals surface area contributed by atoms with Crippen LogP contribution in [0.1, 0.15) is 31.2 Å². The third kappa shape index (κ3) is 3.23. The lowest BCUT2D eigenvalue weighted by Gasteiger charge is -2.16. The van der Waals surface area contributed by atoms with Crippen LogP contribution in [0.5, 0.6) is 0 Å². The summed E-state index contributed by atoms with van der Waals surface area (Å²) in [6, 6.07) is 8.15. The van der Waals surface area contributed by atoms with Crippen LogP contribution in [0.4, 0.5) is 0 Å². The molecule has 0 aromatic heterocycles. The normalized spacial score (nSPS) is 19.9. The van der Waals surface area contributed by atoms with Gasteiger partial charge in [0.25, 0.3) is 0 Å². The summed E-state index contributed by atoms with van der Waals surface area (Å²) in [5, 5.41) is 4.45. The summed E-state index contributed by atoms with van der Waals surface area (Å²) in [5.74, 6) is 3.03. The summed E-state index contributed by atoms with van der Waals surface area (Å²) in [7, 11) is 0. The van der Waals surface area contributed by atoms with E-state index in [4.69, 9.17) is 11.6 Å². The average molecular weight is 250 g/mol. The predicted octanol–water partition coefficient (Wildman–Crippen LogP) is 3.87. The fraction of sp³-hybridized carbons (Fsp3) is 0.600. The highest BCUT2D eigenvalue weighted by atomic mass is 35.5. The Kier molecular flexibility index (Phi) is 3.39. The van der Waals surface area contributed by atoms with Crippen molar-refractivity contribution in [2.24, 2.45) is 17.8 Å². The number of hydrogen-bond donors (Lipinski definition) is 1. The van der Waals surface area contributed by atoms with Crippen molar-refractivity contribution in [3.8, 4) is 0 Å². The number of benzene rings is 1. The molecule has 2 aliphatic rings. The molecule has 0 atom stereocenters. The first-order valence-electron chi connectivity index (χ1n) is 6.78. The van der Waals surface area contributed by atoms with Gasteiger partial charge in [0, 0.05) is 11.6 Å². The van der Waals surface area contributed by atoms with Gasteiger partial charge in [-0.3, -0.25) is 0 Å². The maximum absolute atomic E-state index is 5.98. The molecule has 0 amide bonds. The highest BCUT2D eigenvalue weighted by Gasteiger charge is 2.40. The second kappa shape index (κ2) is 4.99. The summed E-state index contributed by atoms with van der Waals surface area (Å²) >= 11 is 5.98. The van der Waals surface area contributed by atoms with E-state index < -0.39 is 0 Å². The minimum atomic E-state index is 0.838. The Hall–Kier alpha value is -0.530. The minimum Gasteiger partial charge on any atom is -0.312 e. The van der Waals surface area contributed by atoms with Crippen LogP contribution in [0.3, 0.4) is 0 Å². The molecule has 1 nitrogen and oxygen atoms in total. The van der Waals surface area contributed by atoms with Gasteiger partial charge >= 0.3 is 0 Å². The Morgan fingerprint density at radius 3 is 2.47 bits per heavy atom. The molecule has 1 aromatic rings. The zero-order valence-corrected chi connectivity index (χ0v) is 10.9. The second-order valence-corrected chi connectivity index (χ2v) is 6.04. The van der Waals surface area contributed by atoms with Crippen LogP contribution < -0.4 is 5.32 Å². The lowest BCUT2D eigenvalue weighted by Crippen LogP contribution is -2.25. The number of halogens is 1. The third-order valence-corrected chi connectivity index (χ3v) is 4.29. The van der Waals surface area contributed by atoms with Crippen molar-refractivity contribution in [1.29, 1.82) is 0 Å². The quantitative estimate of drug-likeness (QED) is 0.807. The highest BCUT2D eigenvalue weighted by Crippen LogP contribution is 2.48. The standard InChI is InChI=1S/C15H20ClN/c16-14-3-1-2-11(8-14)9-17-10-15(12-4-5-12)13-6-7-13/h1-3,8,12-13,15,17H,4-7,9-10H2. The van der Waals surface area contributed by atoms with Gasteiger partial charge in [-0.25, -0.2) is 0 Å². The van der Waals surface area contributed by atoms with Gasteiger partial charge in [0.1, 0.15) is 0 Å². The zero-order chi connectivity index (χ0) is 11.7. The molecule has 0 bridgehead atoms. The molecule has 2 saturated carbocycles. The first kappa shape index (κ1) is 11.6. The van der Waals surface area contributed by atoms with Gasteiger partial charge in [-0.1, -0.05) is 23.7 Å². The Morgan fingerprint density at radius 1 is 1.18 bits per heavy atom. The predicted molar refractivity (Wildman–Crippen MR) is 72.1 cm³/mol. The maximum Gasteiger partial charge on any atom is 0.0409 e. The van der Waals surface area contributed by atoms with E-state index in [2.05, 4.69) is 17.4 Å². The molecule has 2 fully saturated rings. The molecule has 0 unspecified atom stereocenters. The third-order valence-electron chi connectivity index (χ3n) is 4.05. The fourth-order valence-electron chi connectivity index (χ4n) is 2.80. The molecule has 1 N–H and O–H groups in total. The van der Waals surface area contributed by atoms with Gasteiger partial charge in [-0.05, 0) is 67.7 Å². The van der Waals surface area contributed by atoms with Gasteiger partial charge in [0.05, 0.1) is 0 Å². The van der Waals surface area contributed by atoms with Gasteiger partial charge in [0.15, 0.2) is 0 Å². The van der Waals surface area contributed by atoms with Crippen LogP contribution in [0.15, 0.2) is 24.3 Å². The van der Waals surface area contributed by atoms with Gasteiger partial charge in [0.2, 0.25) is 0 Å². The molecule has 0 spiro atoms. The molecular formula is C15H20ClN. The SMILES string of the molecule is Clc1cccc(CNCC(C2CC2)C2CC2)c1. The van der Waals surface area contributed by atoms with E-state index in [1.807, 2.05) is 12.1 Å². The molecule has 3 rings (SSSR count). The molecule has 17 heavy (non-hydrogen) atoms. The van der Waals surface area contributed by atoms with E-state index in [1.54, 1.807) is 0 Å². The molecule has 0 aliphatic heterocycles. The van der Waals surface area contributed by atoms with Gasteiger partial charge in [-0.15, -0.1) is 0 Å². The van der Waals surface area contributed by atoms with E-state index in [1.165, 1.54) is 37.8 Å². The number of rotatable bonds is 6. The molecular weight excluding hydrogens is 230 g/mol. The average Bonchev–Trinajstić information content (AvgIpc) is 3.15. The van der Waals surface area contributed by atoms with Crippen LogP contribution >= 0.6 is 11.6 Å². The molecule has 2 heteroatoms. The molecule has 1 aromatic carbocycles. The molecule has 0 radical (unpaired) electrons. The van der Waals surface area contributed by atoms with Crippen molar-refractivity contribution in [3.63, 3.8) is 0 Å². The van der Waals surface area contributed by atoms with Crippen LogP contribution in [0, 0.1) is 17.8 Å². The van der Waals surface area contributed by atoms with Crippen LogP contribution in [-0.4, -0.2) is 6.54 Å². The Labute approximate surface area is 109 Å². The monoisotopic (exact) mass is 249 g/mol. The van der Waals surface area contributed by atoms with Crippen molar-refractivity contribution in [3.05, 3.63) is 34.9 Å². The lowest BCUT2D eigenvalue weighted by atomic mass is 9.98. The fourth-order valence-corrected chi connectivity index (χ4v) is 3.01. The minimum absolute atomic E-state index is 0.838. The first-order chi connectivity index (χ1) is 8.33. The maximum atomic E-state index is 5.98. The molecule has 2 aliphatic carbocycles. The lowest BCUT2D eigenvalue weighted by molar-refractivity contribution is 0.378. The van der Waals surface area contributed by atoms with Crippen LogP contribution in [0.2, 0.25) is 5.02 Å². The summed E-state index contributed by atoms with van der Waals surface area (Å²) in [5.41, 5.74) is 1.29. The van der Waals surface area contributed by atoms with E-state index in [-0.39, 0.29) is 0 Å². The molecule has 92 valence electrons. The smallest absolute Gasteiger partial charge is 0.0409 e. The Morgan fingerprint density at radius 2 is 1.88 bits per heavy atom. The topological polar surface area (TPSA) is 12.0 Å². The second-order valence-electron chi connectivity index (χ2n) is 5.60. The largest absolute Gasteiger partial charge is 0.312 e. The van der Waals surface area contributed by atoms with E-state index in [9.17, 15) is 0 Å². The molecule has 0 saturated heterocycles. The van der Waals surface area contributed by atoms with Gasteiger partial charge < -0.3 is 5.32 Å². The highest BCUT2D eigenvalue weighted by molar-refractivity contribution is 6.30. The Bertz CT molecular complexity index is 370. The van der Waals surface area contributed by atoms with Crippen molar-refractivity contribution < 1.29 is 0 Å². The van der Waals surface area contributed by atoms with E-state index in [0.717, 1.165) is 29.3 Å².